The molecule has 0 aliphatic heterocycles. The number of carbonyl (C=O) groups is 1. The van der Waals surface area contributed by atoms with Crippen molar-refractivity contribution in [2.24, 2.45) is 7.05 Å². The van der Waals surface area contributed by atoms with Gasteiger partial charge in [-0.2, -0.15) is 11.8 Å². The molecule has 4 nitrogen and oxygen atoms in total. The third kappa shape index (κ3) is 5.18. The van der Waals surface area contributed by atoms with E-state index < -0.39 is 0 Å². The summed E-state index contributed by atoms with van der Waals surface area (Å²) >= 11 is 5.64. The van der Waals surface area contributed by atoms with E-state index in [1.54, 1.807) is 0 Å². The molecule has 170 valence electrons. The van der Waals surface area contributed by atoms with Gasteiger partial charge in [0.15, 0.2) is 0 Å². The molecule has 0 spiro atoms. The molecule has 1 fully saturated rings. The minimum Gasteiger partial charge on any atom is -0.488 e. The molecule has 1 aliphatic rings. The molecule has 0 amide bonds. The first-order chi connectivity index (χ1) is 15.6. The molecule has 0 saturated heterocycles. The summed E-state index contributed by atoms with van der Waals surface area (Å²) in [5.41, 5.74) is 3.81. The second-order valence-electron chi connectivity index (χ2n) is 8.25. The maximum absolute atomic E-state index is 13.0. The first-order valence-electron chi connectivity index (χ1n) is 11.3. The van der Waals surface area contributed by atoms with Crippen LogP contribution in [-0.2, 0) is 24.1 Å². The maximum Gasteiger partial charge on any atom is 0.340 e. The van der Waals surface area contributed by atoms with Crippen LogP contribution in [0.25, 0.3) is 10.9 Å². The van der Waals surface area contributed by atoms with Gasteiger partial charge in [-0.15, -0.1) is 0 Å². The van der Waals surface area contributed by atoms with Crippen molar-refractivity contribution in [3.63, 3.8) is 0 Å². The van der Waals surface area contributed by atoms with E-state index in [-0.39, 0.29) is 5.97 Å². The Bertz CT molecular complexity index is 1070. The van der Waals surface area contributed by atoms with E-state index in [0.29, 0.717) is 24.0 Å². The number of hydrogen-bond donors (Lipinski definition) is 0. The highest BCUT2D eigenvalue weighted by Gasteiger charge is 2.25. The maximum atomic E-state index is 13.0. The Morgan fingerprint density at radius 3 is 2.62 bits per heavy atom. The van der Waals surface area contributed by atoms with Gasteiger partial charge < -0.3 is 14.0 Å². The second kappa shape index (κ2) is 10.8. The fourth-order valence-electron chi connectivity index (χ4n) is 4.36. The van der Waals surface area contributed by atoms with Crippen LogP contribution >= 0.6 is 27.7 Å². The molecule has 6 heteroatoms. The number of aromatic nitrogens is 1. The van der Waals surface area contributed by atoms with Gasteiger partial charge in [0.1, 0.15) is 12.4 Å². The summed E-state index contributed by atoms with van der Waals surface area (Å²) in [6.07, 6.45) is 6.51. The average Bonchev–Trinajstić information content (AvgIpc) is 3.08. The predicted molar refractivity (Wildman–Crippen MR) is 136 cm³/mol. The fourth-order valence-corrected chi connectivity index (χ4v) is 6.21. The molecule has 1 aromatic heterocycles. The van der Waals surface area contributed by atoms with Crippen molar-refractivity contribution in [1.82, 2.24) is 4.57 Å². The zero-order chi connectivity index (χ0) is 22.5. The molecule has 0 atom stereocenters. The van der Waals surface area contributed by atoms with Crippen LogP contribution in [0, 0.1) is 0 Å². The van der Waals surface area contributed by atoms with E-state index in [1.807, 2.05) is 68.2 Å². The number of esters is 1. The number of benzene rings is 2. The lowest BCUT2D eigenvalue weighted by Crippen LogP contribution is -2.11. The van der Waals surface area contributed by atoms with Crippen molar-refractivity contribution in [2.75, 3.05) is 6.61 Å². The lowest BCUT2D eigenvalue weighted by atomic mass is 10.0. The molecular formula is C26H30BrNO3S. The third-order valence-electron chi connectivity index (χ3n) is 6.10. The van der Waals surface area contributed by atoms with E-state index in [0.717, 1.165) is 38.1 Å². The first-order valence-corrected chi connectivity index (χ1v) is 13.2. The van der Waals surface area contributed by atoms with Gasteiger partial charge >= 0.3 is 5.97 Å². The number of fused-ring (bicyclic) bond motifs is 1. The number of halogens is 1. The Balaban J connectivity index is 1.67. The zero-order valence-corrected chi connectivity index (χ0v) is 21.1. The molecule has 4 rings (SSSR count). The highest BCUT2D eigenvalue weighted by Crippen LogP contribution is 2.38. The van der Waals surface area contributed by atoms with Gasteiger partial charge in [0.25, 0.3) is 0 Å². The number of thioether (sulfide) groups is 1. The fraction of sp³-hybridized carbons (Fsp3) is 0.423. The predicted octanol–water partition coefficient (Wildman–Crippen LogP) is 7.26. The zero-order valence-electron chi connectivity index (χ0n) is 18.7. The number of nitrogens with zero attached hydrogens (tertiary/aromatic N) is 1. The molecule has 1 saturated carbocycles. The second-order valence-corrected chi connectivity index (χ2v) is 10.4. The molecule has 1 heterocycles. The number of hydrogen-bond acceptors (Lipinski definition) is 4. The molecule has 3 aromatic rings. The van der Waals surface area contributed by atoms with Gasteiger partial charge in [0.2, 0.25) is 0 Å². The van der Waals surface area contributed by atoms with Gasteiger partial charge in [-0.1, -0.05) is 49.6 Å². The van der Waals surface area contributed by atoms with Gasteiger partial charge in [-0.25, -0.2) is 4.79 Å². The normalized spacial score (nSPS) is 14.6. The van der Waals surface area contributed by atoms with Crippen molar-refractivity contribution in [3.05, 3.63) is 63.8 Å². The summed E-state index contributed by atoms with van der Waals surface area (Å²) in [5.74, 6) is 1.28. The summed E-state index contributed by atoms with van der Waals surface area (Å²) in [5, 5.41) is 1.56. The van der Waals surface area contributed by atoms with Crippen LogP contribution in [0.3, 0.4) is 0 Å². The summed E-state index contributed by atoms with van der Waals surface area (Å²) in [7, 11) is 2.04. The van der Waals surface area contributed by atoms with Crippen LogP contribution in [0.15, 0.2) is 46.9 Å². The average molecular weight is 517 g/mol. The van der Waals surface area contributed by atoms with Gasteiger partial charge in [-0.3, -0.25) is 0 Å². The Labute approximate surface area is 202 Å². The van der Waals surface area contributed by atoms with Crippen LogP contribution in [-0.4, -0.2) is 22.4 Å². The van der Waals surface area contributed by atoms with Crippen molar-refractivity contribution in [3.8, 4) is 5.75 Å². The number of carbonyl (C=O) groups excluding carboxylic acids is 1. The van der Waals surface area contributed by atoms with E-state index in [9.17, 15) is 4.79 Å². The van der Waals surface area contributed by atoms with Crippen LogP contribution in [0.1, 0.15) is 60.6 Å². The van der Waals surface area contributed by atoms with Crippen LogP contribution < -0.4 is 4.74 Å². The topological polar surface area (TPSA) is 40.5 Å². The van der Waals surface area contributed by atoms with Crippen molar-refractivity contribution in [1.29, 1.82) is 0 Å². The summed E-state index contributed by atoms with van der Waals surface area (Å²) in [6, 6.07) is 14.1. The van der Waals surface area contributed by atoms with E-state index in [2.05, 4.69) is 20.5 Å². The van der Waals surface area contributed by atoms with Crippen LogP contribution in [0.2, 0.25) is 0 Å². The Kier molecular flexibility index (Phi) is 7.84. The highest BCUT2D eigenvalue weighted by molar-refractivity contribution is 9.10. The standard InChI is InChI=1S/C26H30BrNO3S/c1-3-30-26(29)25-20-14-24(31-16-18-10-6-4-7-11-18)21(27)15-22(20)28(2)23(25)17-32-19-12-8-5-9-13-19/h4,6-7,10-11,14-15,19H,3,5,8-9,12-13,16-17H2,1-2H3. The largest absolute Gasteiger partial charge is 0.488 e. The lowest BCUT2D eigenvalue weighted by molar-refractivity contribution is 0.0527. The third-order valence-corrected chi connectivity index (χ3v) is 8.10. The van der Waals surface area contributed by atoms with Gasteiger partial charge in [-0.05, 0) is 53.4 Å². The Morgan fingerprint density at radius 2 is 1.91 bits per heavy atom. The quantitative estimate of drug-likeness (QED) is 0.296. The minimum atomic E-state index is -0.256. The molecule has 0 bridgehead atoms. The minimum absolute atomic E-state index is 0.256. The van der Waals surface area contributed by atoms with Crippen molar-refractivity contribution < 1.29 is 14.3 Å². The van der Waals surface area contributed by atoms with Crippen LogP contribution in [0.4, 0.5) is 0 Å². The smallest absolute Gasteiger partial charge is 0.340 e. The molecule has 32 heavy (non-hydrogen) atoms. The van der Waals surface area contributed by atoms with E-state index in [4.69, 9.17) is 9.47 Å². The van der Waals surface area contributed by atoms with Gasteiger partial charge in [0, 0.05) is 29.1 Å². The summed E-state index contributed by atoms with van der Waals surface area (Å²) in [6.45, 7) is 2.68. The van der Waals surface area contributed by atoms with E-state index in [1.165, 1.54) is 32.1 Å². The Hall–Kier alpha value is -1.92. The molecule has 0 N–H and O–H groups in total. The Morgan fingerprint density at radius 1 is 1.16 bits per heavy atom. The SMILES string of the molecule is CCOC(=O)c1c(CSC2CCCCC2)n(C)c2cc(Br)c(OCc3ccccc3)cc12. The van der Waals surface area contributed by atoms with Crippen LogP contribution in [0.5, 0.6) is 5.75 Å². The number of rotatable bonds is 8. The molecule has 2 aromatic carbocycles. The number of ether oxygens (including phenoxy) is 2. The highest BCUT2D eigenvalue weighted by atomic mass is 79.9. The molecule has 1 aliphatic carbocycles. The van der Waals surface area contributed by atoms with Gasteiger partial charge in [0.05, 0.1) is 22.2 Å². The summed E-state index contributed by atoms with van der Waals surface area (Å²) < 4.78 is 14.6. The summed E-state index contributed by atoms with van der Waals surface area (Å²) in [4.78, 5) is 13.0. The molecule has 0 radical (unpaired) electrons. The monoisotopic (exact) mass is 515 g/mol. The molecular weight excluding hydrogens is 486 g/mol. The first kappa shape index (κ1) is 23.2. The number of aryl methyl sites for hydroxylation is 1. The van der Waals surface area contributed by atoms with E-state index >= 15 is 0 Å². The lowest BCUT2D eigenvalue weighted by Gasteiger charge is -2.21. The van der Waals surface area contributed by atoms with Crippen molar-refractivity contribution in [2.45, 2.75) is 56.6 Å². The molecule has 0 unspecified atom stereocenters. The van der Waals surface area contributed by atoms with Crippen molar-refractivity contribution >= 4 is 44.6 Å².